The molecule has 0 bridgehead atoms. The van der Waals surface area contributed by atoms with Crippen LogP contribution in [0.25, 0.3) is 0 Å². The summed E-state index contributed by atoms with van der Waals surface area (Å²) in [7, 11) is -6.72. The first-order valence-electron chi connectivity index (χ1n) is 5.58. The number of rotatable bonds is 1. The van der Waals surface area contributed by atoms with Crippen LogP contribution < -0.4 is 0 Å². The molecule has 0 aromatic heterocycles. The largest absolute Gasteiger partial charge is 0.224 e. The van der Waals surface area contributed by atoms with Crippen LogP contribution in [0, 0.1) is 0 Å². The normalized spacial score (nSPS) is 36.2. The van der Waals surface area contributed by atoms with Crippen molar-refractivity contribution < 1.29 is 16.8 Å². The molecule has 2 rings (SSSR count). The maximum atomic E-state index is 12.1. The lowest BCUT2D eigenvalue weighted by molar-refractivity contribution is 0.472. The molecule has 2 atom stereocenters. The van der Waals surface area contributed by atoms with Gasteiger partial charge in [-0.15, -0.1) is 0 Å². The van der Waals surface area contributed by atoms with Gasteiger partial charge in [0.25, 0.3) is 0 Å². The molecule has 1 aliphatic carbocycles. The Labute approximate surface area is 96.6 Å². The zero-order valence-electron chi connectivity index (χ0n) is 9.22. The van der Waals surface area contributed by atoms with Crippen LogP contribution in [-0.4, -0.2) is 27.3 Å². The van der Waals surface area contributed by atoms with E-state index in [0.717, 1.165) is 18.2 Å². The van der Waals surface area contributed by atoms with E-state index in [2.05, 4.69) is 0 Å². The molecule has 0 radical (unpaired) electrons. The minimum Gasteiger partial charge on any atom is -0.224 e. The summed E-state index contributed by atoms with van der Waals surface area (Å²) >= 11 is 0. The van der Waals surface area contributed by atoms with Gasteiger partial charge in [0.05, 0.1) is 15.4 Å². The van der Waals surface area contributed by atoms with Gasteiger partial charge < -0.3 is 0 Å². The van der Waals surface area contributed by atoms with Crippen LogP contribution in [0.1, 0.15) is 39.0 Å². The second-order valence-electron chi connectivity index (χ2n) is 4.43. The predicted octanol–water partition coefficient (Wildman–Crippen LogP) is 1.39. The van der Waals surface area contributed by atoms with Gasteiger partial charge in [-0.05, 0) is 19.3 Å². The third kappa shape index (κ3) is 1.72. The lowest BCUT2D eigenvalue weighted by Gasteiger charge is -2.33. The molecular weight excluding hydrogens is 248 g/mol. The highest BCUT2D eigenvalue weighted by atomic mass is 32.2. The molecule has 4 nitrogen and oxygen atoms in total. The summed E-state index contributed by atoms with van der Waals surface area (Å²) in [6.07, 6.45) is 2.87. The van der Waals surface area contributed by atoms with Crippen molar-refractivity contribution >= 4 is 19.7 Å². The third-order valence-electron chi connectivity index (χ3n) is 3.47. The van der Waals surface area contributed by atoms with Gasteiger partial charge in [-0.3, -0.25) is 0 Å². The number of hydrogen-bond donors (Lipinski definition) is 0. The van der Waals surface area contributed by atoms with Crippen LogP contribution >= 0.6 is 0 Å². The summed E-state index contributed by atoms with van der Waals surface area (Å²) in [6, 6.07) is 0. The van der Waals surface area contributed by atoms with Crippen LogP contribution in [0.2, 0.25) is 0 Å². The molecule has 0 aromatic carbocycles. The van der Waals surface area contributed by atoms with E-state index in [1.54, 1.807) is 6.92 Å². The molecule has 16 heavy (non-hydrogen) atoms. The first kappa shape index (κ1) is 12.1. The maximum Gasteiger partial charge on any atom is 0.179 e. The summed E-state index contributed by atoms with van der Waals surface area (Å²) in [5.41, 5.74) is 0. The molecule has 1 aliphatic heterocycles. The van der Waals surface area contributed by atoms with Crippen molar-refractivity contribution in [1.82, 2.24) is 0 Å². The Morgan fingerprint density at radius 1 is 1.12 bits per heavy atom. The fourth-order valence-corrected chi connectivity index (χ4v) is 8.02. The summed E-state index contributed by atoms with van der Waals surface area (Å²) in [4.78, 5) is 0.0932. The standard InChI is InChI=1S/C10H16O4S2/c1-2-8-7-15(11,12)9-5-3-4-6-10(9)16(8,13)14/h7,9-10H,2-6H2,1H3. The second kappa shape index (κ2) is 3.84. The minimum atomic E-state index is -3.36. The fraction of sp³-hybridized carbons (Fsp3) is 0.800. The molecule has 0 amide bonds. The van der Waals surface area contributed by atoms with E-state index in [0.29, 0.717) is 12.8 Å². The number of fused-ring (bicyclic) bond motifs is 1. The van der Waals surface area contributed by atoms with Gasteiger partial charge in [0.2, 0.25) is 0 Å². The zero-order chi connectivity index (χ0) is 12.0. The van der Waals surface area contributed by atoms with Crippen molar-refractivity contribution in [2.75, 3.05) is 0 Å². The minimum absolute atomic E-state index is 0.0932. The van der Waals surface area contributed by atoms with Gasteiger partial charge in [0.1, 0.15) is 0 Å². The first-order valence-corrected chi connectivity index (χ1v) is 8.73. The number of hydrogen-bond acceptors (Lipinski definition) is 4. The van der Waals surface area contributed by atoms with Crippen LogP contribution in [0.15, 0.2) is 10.3 Å². The van der Waals surface area contributed by atoms with Crippen LogP contribution in [0.4, 0.5) is 0 Å². The molecule has 6 heteroatoms. The Kier molecular flexibility index (Phi) is 2.90. The molecule has 2 aliphatic rings. The van der Waals surface area contributed by atoms with E-state index in [4.69, 9.17) is 0 Å². The molecule has 0 spiro atoms. The van der Waals surface area contributed by atoms with Gasteiger partial charge in [0.15, 0.2) is 19.7 Å². The Hall–Kier alpha value is -0.360. The highest BCUT2D eigenvalue weighted by Gasteiger charge is 2.47. The van der Waals surface area contributed by atoms with Crippen molar-refractivity contribution in [2.45, 2.75) is 49.5 Å². The van der Waals surface area contributed by atoms with Gasteiger partial charge in [-0.1, -0.05) is 19.8 Å². The van der Waals surface area contributed by atoms with Crippen LogP contribution in [0.3, 0.4) is 0 Å². The van der Waals surface area contributed by atoms with Gasteiger partial charge >= 0.3 is 0 Å². The van der Waals surface area contributed by atoms with Crippen molar-refractivity contribution in [2.24, 2.45) is 0 Å². The first-order chi connectivity index (χ1) is 7.39. The van der Waals surface area contributed by atoms with Crippen molar-refractivity contribution in [1.29, 1.82) is 0 Å². The lowest BCUT2D eigenvalue weighted by Crippen LogP contribution is -2.45. The quantitative estimate of drug-likeness (QED) is 0.717. The van der Waals surface area contributed by atoms with E-state index in [-0.39, 0.29) is 11.3 Å². The molecular formula is C10H16O4S2. The molecule has 1 fully saturated rings. The highest BCUT2D eigenvalue weighted by Crippen LogP contribution is 2.38. The molecule has 0 aromatic rings. The predicted molar refractivity (Wildman–Crippen MR) is 62.3 cm³/mol. The molecule has 1 heterocycles. The Morgan fingerprint density at radius 2 is 1.69 bits per heavy atom. The van der Waals surface area contributed by atoms with Gasteiger partial charge in [-0.2, -0.15) is 0 Å². The average molecular weight is 264 g/mol. The molecule has 0 N–H and O–H groups in total. The molecule has 1 saturated carbocycles. The zero-order valence-corrected chi connectivity index (χ0v) is 10.9. The lowest BCUT2D eigenvalue weighted by atomic mass is 10.00. The van der Waals surface area contributed by atoms with Gasteiger partial charge in [-0.25, -0.2) is 16.8 Å². The third-order valence-corrected chi connectivity index (χ3v) is 8.31. The Bertz CT molecular complexity index is 513. The van der Waals surface area contributed by atoms with Crippen molar-refractivity contribution in [3.63, 3.8) is 0 Å². The van der Waals surface area contributed by atoms with Gasteiger partial charge in [0, 0.05) is 5.41 Å². The Balaban J connectivity index is 2.60. The second-order valence-corrected chi connectivity index (χ2v) is 8.67. The SMILES string of the molecule is CCC1=CS(=O)(=O)C2CCCCC2S1(=O)=O. The van der Waals surface area contributed by atoms with E-state index in [1.165, 1.54) is 0 Å². The topological polar surface area (TPSA) is 68.3 Å². The van der Waals surface area contributed by atoms with Crippen molar-refractivity contribution in [3.05, 3.63) is 10.3 Å². The number of allylic oxidation sites excluding steroid dienone is 1. The molecule has 92 valence electrons. The fourth-order valence-electron chi connectivity index (χ4n) is 2.61. The van der Waals surface area contributed by atoms with Crippen LogP contribution in [-0.2, 0) is 19.7 Å². The smallest absolute Gasteiger partial charge is 0.179 e. The maximum absolute atomic E-state index is 12.1. The molecule has 0 saturated heterocycles. The molecule has 2 unspecified atom stereocenters. The van der Waals surface area contributed by atoms with E-state index >= 15 is 0 Å². The van der Waals surface area contributed by atoms with Crippen molar-refractivity contribution in [3.8, 4) is 0 Å². The van der Waals surface area contributed by atoms with Crippen LogP contribution in [0.5, 0.6) is 0 Å². The summed E-state index contributed by atoms with van der Waals surface area (Å²) in [5, 5.41) is -0.387. The average Bonchev–Trinajstić information content (AvgIpc) is 2.24. The summed E-state index contributed by atoms with van der Waals surface area (Å²) < 4.78 is 48.1. The van der Waals surface area contributed by atoms with E-state index in [1.807, 2.05) is 0 Å². The van der Waals surface area contributed by atoms with E-state index in [9.17, 15) is 16.8 Å². The monoisotopic (exact) mass is 264 g/mol. The number of sulfone groups is 2. The Morgan fingerprint density at radius 3 is 2.25 bits per heavy atom. The van der Waals surface area contributed by atoms with E-state index < -0.39 is 30.2 Å². The summed E-state index contributed by atoms with van der Waals surface area (Å²) in [5.74, 6) is 0. The summed E-state index contributed by atoms with van der Waals surface area (Å²) in [6.45, 7) is 1.68. The highest BCUT2D eigenvalue weighted by molar-refractivity contribution is 8.02.